The van der Waals surface area contributed by atoms with Crippen molar-refractivity contribution < 1.29 is 17.5 Å². The molecule has 1 fully saturated rings. The van der Waals surface area contributed by atoms with Crippen molar-refractivity contribution >= 4 is 31.6 Å². The summed E-state index contributed by atoms with van der Waals surface area (Å²) in [7, 11) is -3.78. The van der Waals surface area contributed by atoms with Crippen LogP contribution in [-0.4, -0.2) is 27.7 Å². The van der Waals surface area contributed by atoms with Crippen molar-refractivity contribution in [3.8, 4) is 0 Å². The van der Waals surface area contributed by atoms with Crippen molar-refractivity contribution in [3.63, 3.8) is 0 Å². The van der Waals surface area contributed by atoms with Gasteiger partial charge in [0.05, 0.1) is 16.3 Å². The first-order valence-electron chi connectivity index (χ1n) is 6.26. The summed E-state index contributed by atoms with van der Waals surface area (Å²) in [6.07, 6.45) is 2.73. The number of nitrogens with one attached hydrogen (secondary N) is 1. The monoisotopic (exact) mass is 366 g/mol. The summed E-state index contributed by atoms with van der Waals surface area (Å²) in [4.78, 5) is -0.137. The standard InChI is InChI=1S/C12H16BrFN2O3S/c13-9-5-12(11(15)6-10(9)14)20(17,18)16-7-8-3-1-2-4-19-8/h5-6,8,16H,1-4,7,15H2. The molecule has 1 aromatic carbocycles. The van der Waals surface area contributed by atoms with Gasteiger partial charge in [0.25, 0.3) is 0 Å². The summed E-state index contributed by atoms with van der Waals surface area (Å²) in [6, 6.07) is 2.14. The van der Waals surface area contributed by atoms with Gasteiger partial charge in [-0.15, -0.1) is 0 Å². The second-order valence-electron chi connectivity index (χ2n) is 4.64. The number of rotatable bonds is 4. The Balaban J connectivity index is 2.11. The number of sulfonamides is 1. The Bertz CT molecular complexity index is 589. The highest BCUT2D eigenvalue weighted by Crippen LogP contribution is 2.26. The van der Waals surface area contributed by atoms with Gasteiger partial charge in [0.15, 0.2) is 0 Å². The van der Waals surface area contributed by atoms with E-state index in [1.807, 2.05) is 0 Å². The van der Waals surface area contributed by atoms with E-state index in [1.54, 1.807) is 0 Å². The van der Waals surface area contributed by atoms with Crippen LogP contribution in [0.25, 0.3) is 0 Å². The molecule has 1 atom stereocenters. The fraction of sp³-hybridized carbons (Fsp3) is 0.500. The second kappa shape index (κ2) is 6.38. The largest absolute Gasteiger partial charge is 0.398 e. The van der Waals surface area contributed by atoms with Crippen molar-refractivity contribution in [1.82, 2.24) is 4.72 Å². The molecule has 112 valence electrons. The van der Waals surface area contributed by atoms with Crippen LogP contribution in [0, 0.1) is 5.82 Å². The molecule has 2 rings (SSSR count). The van der Waals surface area contributed by atoms with Crippen LogP contribution in [0.15, 0.2) is 21.5 Å². The summed E-state index contributed by atoms with van der Waals surface area (Å²) in [6.45, 7) is 0.841. The lowest BCUT2D eigenvalue weighted by Crippen LogP contribution is -2.35. The summed E-state index contributed by atoms with van der Waals surface area (Å²) >= 11 is 2.95. The fourth-order valence-electron chi connectivity index (χ4n) is 2.03. The Hall–Kier alpha value is -0.700. The Labute approximate surface area is 125 Å². The zero-order chi connectivity index (χ0) is 14.8. The molecule has 1 aromatic rings. The average molecular weight is 367 g/mol. The maximum Gasteiger partial charge on any atom is 0.242 e. The maximum atomic E-state index is 13.3. The zero-order valence-electron chi connectivity index (χ0n) is 10.7. The summed E-state index contributed by atoms with van der Waals surface area (Å²) in [5.41, 5.74) is 5.45. The van der Waals surface area contributed by atoms with Gasteiger partial charge in [-0.05, 0) is 47.3 Å². The molecule has 0 amide bonds. The van der Waals surface area contributed by atoms with Crippen LogP contribution in [0.1, 0.15) is 19.3 Å². The van der Waals surface area contributed by atoms with E-state index in [2.05, 4.69) is 20.7 Å². The molecule has 3 N–H and O–H groups in total. The number of nitrogen functional groups attached to an aromatic ring is 1. The topological polar surface area (TPSA) is 81.4 Å². The van der Waals surface area contributed by atoms with Gasteiger partial charge in [-0.25, -0.2) is 17.5 Å². The van der Waals surface area contributed by atoms with Crippen LogP contribution >= 0.6 is 15.9 Å². The normalized spacial score (nSPS) is 20.0. The SMILES string of the molecule is Nc1cc(F)c(Br)cc1S(=O)(=O)NCC1CCCCO1. The van der Waals surface area contributed by atoms with Gasteiger partial charge >= 0.3 is 0 Å². The molecule has 1 aliphatic rings. The van der Waals surface area contributed by atoms with Crippen molar-refractivity contribution in [2.45, 2.75) is 30.3 Å². The molecular weight excluding hydrogens is 351 g/mol. The van der Waals surface area contributed by atoms with Crippen LogP contribution in [0.2, 0.25) is 0 Å². The Kier molecular flexibility index (Phi) is 5.00. The second-order valence-corrected chi connectivity index (χ2v) is 7.23. The molecule has 0 aromatic heterocycles. The van der Waals surface area contributed by atoms with Gasteiger partial charge in [-0.3, -0.25) is 0 Å². The predicted molar refractivity (Wildman–Crippen MR) is 77.3 cm³/mol. The quantitative estimate of drug-likeness (QED) is 0.798. The van der Waals surface area contributed by atoms with Crippen molar-refractivity contribution in [2.24, 2.45) is 0 Å². The molecule has 1 unspecified atom stereocenters. The van der Waals surface area contributed by atoms with E-state index in [0.29, 0.717) is 6.61 Å². The van der Waals surface area contributed by atoms with E-state index in [4.69, 9.17) is 10.5 Å². The van der Waals surface area contributed by atoms with Gasteiger partial charge in [0.2, 0.25) is 10.0 Å². The lowest BCUT2D eigenvalue weighted by Gasteiger charge is -2.22. The minimum absolute atomic E-state index is 0.0565. The number of ether oxygens (including phenoxy) is 1. The van der Waals surface area contributed by atoms with Crippen LogP contribution < -0.4 is 10.5 Å². The molecule has 1 aliphatic heterocycles. The fourth-order valence-corrected chi connectivity index (χ4v) is 3.72. The molecule has 5 nitrogen and oxygen atoms in total. The van der Waals surface area contributed by atoms with Crippen molar-refractivity contribution in [2.75, 3.05) is 18.9 Å². The van der Waals surface area contributed by atoms with E-state index >= 15 is 0 Å². The molecule has 0 bridgehead atoms. The number of benzene rings is 1. The first kappa shape index (κ1) is 15.7. The van der Waals surface area contributed by atoms with Gasteiger partial charge in [0, 0.05) is 13.2 Å². The Morgan fingerprint density at radius 1 is 1.45 bits per heavy atom. The molecular formula is C12H16BrFN2O3S. The molecule has 0 aliphatic carbocycles. The van der Waals surface area contributed by atoms with Gasteiger partial charge < -0.3 is 10.5 Å². The van der Waals surface area contributed by atoms with Crippen LogP contribution in [-0.2, 0) is 14.8 Å². The van der Waals surface area contributed by atoms with Crippen LogP contribution in [0.4, 0.5) is 10.1 Å². The number of hydrogen-bond donors (Lipinski definition) is 2. The van der Waals surface area contributed by atoms with Gasteiger partial charge in [-0.2, -0.15) is 0 Å². The van der Waals surface area contributed by atoms with Crippen molar-refractivity contribution in [1.29, 1.82) is 0 Å². The highest BCUT2D eigenvalue weighted by molar-refractivity contribution is 9.10. The van der Waals surface area contributed by atoms with E-state index < -0.39 is 15.8 Å². The molecule has 0 radical (unpaired) electrons. The predicted octanol–water partition coefficient (Wildman–Crippen LogP) is 2.02. The van der Waals surface area contributed by atoms with Crippen LogP contribution in [0.3, 0.4) is 0 Å². The highest BCUT2D eigenvalue weighted by atomic mass is 79.9. The van der Waals surface area contributed by atoms with Crippen LogP contribution in [0.5, 0.6) is 0 Å². The minimum Gasteiger partial charge on any atom is -0.398 e. The summed E-state index contributed by atoms with van der Waals surface area (Å²) < 4.78 is 45.6. The number of hydrogen-bond acceptors (Lipinski definition) is 4. The smallest absolute Gasteiger partial charge is 0.242 e. The third kappa shape index (κ3) is 3.69. The Morgan fingerprint density at radius 3 is 2.85 bits per heavy atom. The maximum absolute atomic E-state index is 13.3. The summed E-state index contributed by atoms with van der Waals surface area (Å²) in [5.74, 6) is -0.600. The highest BCUT2D eigenvalue weighted by Gasteiger charge is 2.22. The molecule has 0 spiro atoms. The molecule has 0 saturated carbocycles. The molecule has 20 heavy (non-hydrogen) atoms. The lowest BCUT2D eigenvalue weighted by molar-refractivity contribution is 0.0200. The third-order valence-corrected chi connectivity index (χ3v) is 5.20. The van der Waals surface area contributed by atoms with E-state index in [9.17, 15) is 12.8 Å². The minimum atomic E-state index is -3.78. The van der Waals surface area contributed by atoms with E-state index in [0.717, 1.165) is 31.4 Å². The number of nitrogens with two attached hydrogens (primary N) is 1. The molecule has 8 heteroatoms. The number of halogens is 2. The average Bonchev–Trinajstić information content (AvgIpc) is 2.42. The Morgan fingerprint density at radius 2 is 2.20 bits per heavy atom. The third-order valence-electron chi connectivity index (χ3n) is 3.12. The van der Waals surface area contributed by atoms with E-state index in [1.165, 1.54) is 0 Å². The van der Waals surface area contributed by atoms with Crippen molar-refractivity contribution in [3.05, 3.63) is 22.4 Å². The first-order chi connectivity index (χ1) is 9.40. The molecule has 1 saturated heterocycles. The van der Waals surface area contributed by atoms with Gasteiger partial charge in [-0.1, -0.05) is 0 Å². The lowest BCUT2D eigenvalue weighted by atomic mass is 10.1. The summed E-state index contributed by atoms with van der Waals surface area (Å²) in [5, 5.41) is 0. The number of anilines is 1. The molecule has 1 heterocycles. The first-order valence-corrected chi connectivity index (χ1v) is 8.53. The van der Waals surface area contributed by atoms with Gasteiger partial charge in [0.1, 0.15) is 10.7 Å². The zero-order valence-corrected chi connectivity index (χ0v) is 13.1. The van der Waals surface area contributed by atoms with E-state index in [-0.39, 0.29) is 27.7 Å².